The van der Waals surface area contributed by atoms with E-state index < -0.39 is 17.9 Å². The molecule has 0 bridgehead atoms. The molecule has 4 rings (SSSR count). The highest BCUT2D eigenvalue weighted by molar-refractivity contribution is 7.17. The van der Waals surface area contributed by atoms with Crippen LogP contribution in [-0.2, 0) is 28.8 Å². The molecular weight excluding hydrogens is 466 g/mol. The number of anilines is 1. The number of amides is 1. The highest BCUT2D eigenvalue weighted by Gasteiger charge is 2.29. The summed E-state index contributed by atoms with van der Waals surface area (Å²) in [5.74, 6) is -0.548. The monoisotopic (exact) mass is 497 g/mol. The summed E-state index contributed by atoms with van der Waals surface area (Å²) >= 11 is 1.42. The fourth-order valence-electron chi connectivity index (χ4n) is 4.46. The van der Waals surface area contributed by atoms with Crippen LogP contribution in [0.4, 0.5) is 5.00 Å². The van der Waals surface area contributed by atoms with Crippen molar-refractivity contribution >= 4 is 28.2 Å². The van der Waals surface area contributed by atoms with Crippen molar-refractivity contribution in [1.29, 1.82) is 0 Å². The molecule has 186 valence electrons. The van der Waals surface area contributed by atoms with Gasteiger partial charge in [-0.15, -0.1) is 11.3 Å². The average molecular weight is 498 g/mol. The van der Waals surface area contributed by atoms with Crippen LogP contribution in [-0.4, -0.2) is 37.8 Å². The standard InChI is InChI=1S/C25H31N5O4S/c1-6-17-13-20(31)29(25(26-17)30-15(4)12-14(3)28-30)16(5)22(32)27-23-21(24(33)34-7-2)18-10-8-9-11-19(18)35-23/h12-13,16H,6-11H2,1-5H3,(H,27,32). The second kappa shape index (κ2) is 10.2. The Balaban J connectivity index is 1.74. The van der Waals surface area contributed by atoms with Gasteiger partial charge in [0.25, 0.3) is 5.56 Å². The van der Waals surface area contributed by atoms with E-state index in [4.69, 9.17) is 4.74 Å². The lowest BCUT2D eigenvalue weighted by Gasteiger charge is -2.20. The lowest BCUT2D eigenvalue weighted by molar-refractivity contribution is -0.118. The third-order valence-electron chi connectivity index (χ3n) is 6.20. The Hall–Kier alpha value is -3.27. The largest absolute Gasteiger partial charge is 0.462 e. The summed E-state index contributed by atoms with van der Waals surface area (Å²) in [5.41, 5.74) is 3.29. The molecule has 3 aromatic rings. The van der Waals surface area contributed by atoms with Gasteiger partial charge in [-0.05, 0) is 71.4 Å². The molecule has 0 fully saturated rings. The summed E-state index contributed by atoms with van der Waals surface area (Å²) in [6, 6.07) is 2.45. The van der Waals surface area contributed by atoms with Crippen molar-refractivity contribution in [1.82, 2.24) is 19.3 Å². The van der Waals surface area contributed by atoms with Crippen LogP contribution in [0.1, 0.15) is 77.5 Å². The van der Waals surface area contributed by atoms with Crippen molar-refractivity contribution < 1.29 is 14.3 Å². The zero-order chi connectivity index (χ0) is 25.3. The summed E-state index contributed by atoms with van der Waals surface area (Å²) in [7, 11) is 0. The number of hydrogen-bond acceptors (Lipinski definition) is 7. The van der Waals surface area contributed by atoms with E-state index in [0.717, 1.165) is 47.5 Å². The number of rotatable bonds is 7. The number of aromatic nitrogens is 4. The van der Waals surface area contributed by atoms with Gasteiger partial charge in [-0.1, -0.05) is 6.92 Å². The number of carbonyl (C=O) groups excluding carboxylic acids is 2. The second-order valence-corrected chi connectivity index (χ2v) is 9.85. The third-order valence-corrected chi connectivity index (χ3v) is 7.41. The van der Waals surface area contributed by atoms with Crippen LogP contribution in [0.3, 0.4) is 0 Å². The van der Waals surface area contributed by atoms with E-state index in [1.165, 1.54) is 22.0 Å². The zero-order valence-corrected chi connectivity index (χ0v) is 21.6. The van der Waals surface area contributed by atoms with Gasteiger partial charge < -0.3 is 10.1 Å². The van der Waals surface area contributed by atoms with E-state index >= 15 is 0 Å². The van der Waals surface area contributed by atoms with Crippen LogP contribution in [0.5, 0.6) is 0 Å². The Morgan fingerprint density at radius 3 is 2.60 bits per heavy atom. The summed E-state index contributed by atoms with van der Waals surface area (Å²) in [4.78, 5) is 45.2. The molecule has 1 amide bonds. The molecule has 1 N–H and O–H groups in total. The molecule has 0 radical (unpaired) electrons. The van der Waals surface area contributed by atoms with Crippen LogP contribution in [0.25, 0.3) is 5.95 Å². The van der Waals surface area contributed by atoms with E-state index in [-0.39, 0.29) is 12.2 Å². The van der Waals surface area contributed by atoms with Crippen molar-refractivity contribution in [3.63, 3.8) is 0 Å². The van der Waals surface area contributed by atoms with Gasteiger partial charge in [-0.3, -0.25) is 14.2 Å². The smallest absolute Gasteiger partial charge is 0.341 e. The Labute approximate surface area is 208 Å². The third kappa shape index (κ3) is 4.80. The number of nitrogens with one attached hydrogen (secondary N) is 1. The van der Waals surface area contributed by atoms with Crippen LogP contribution >= 0.6 is 11.3 Å². The van der Waals surface area contributed by atoms with Gasteiger partial charge in [0.1, 0.15) is 11.0 Å². The van der Waals surface area contributed by atoms with Gasteiger partial charge in [0.2, 0.25) is 11.9 Å². The molecule has 1 aliphatic carbocycles. The highest BCUT2D eigenvalue weighted by Crippen LogP contribution is 2.39. The summed E-state index contributed by atoms with van der Waals surface area (Å²) in [6.07, 6.45) is 4.29. The summed E-state index contributed by atoms with van der Waals surface area (Å²) in [6.45, 7) is 9.32. The fraction of sp³-hybridized carbons (Fsp3) is 0.480. The van der Waals surface area contributed by atoms with Gasteiger partial charge >= 0.3 is 5.97 Å². The van der Waals surface area contributed by atoms with Crippen LogP contribution in [0.15, 0.2) is 16.9 Å². The minimum Gasteiger partial charge on any atom is -0.462 e. The van der Waals surface area contributed by atoms with Crippen LogP contribution < -0.4 is 10.9 Å². The van der Waals surface area contributed by atoms with E-state index in [2.05, 4.69) is 15.4 Å². The van der Waals surface area contributed by atoms with Crippen molar-refractivity contribution in [2.24, 2.45) is 0 Å². The number of fused-ring (bicyclic) bond motifs is 1. The topological polar surface area (TPSA) is 108 Å². The van der Waals surface area contributed by atoms with Crippen molar-refractivity contribution in [3.05, 3.63) is 55.6 Å². The molecule has 1 atom stereocenters. The predicted octanol–water partition coefficient (Wildman–Crippen LogP) is 3.92. The Morgan fingerprint density at radius 2 is 1.94 bits per heavy atom. The molecule has 1 aliphatic rings. The molecule has 0 saturated carbocycles. The van der Waals surface area contributed by atoms with E-state index in [1.54, 1.807) is 18.5 Å². The molecule has 9 nitrogen and oxygen atoms in total. The van der Waals surface area contributed by atoms with E-state index in [1.807, 2.05) is 26.8 Å². The second-order valence-electron chi connectivity index (χ2n) is 8.75. The molecular formula is C25H31N5O4S. The fourth-order valence-corrected chi connectivity index (χ4v) is 5.74. The van der Waals surface area contributed by atoms with Gasteiger partial charge in [-0.25, -0.2) is 14.5 Å². The number of carbonyl (C=O) groups is 2. The predicted molar refractivity (Wildman–Crippen MR) is 135 cm³/mol. The molecule has 1 unspecified atom stereocenters. The lowest BCUT2D eigenvalue weighted by Crippen LogP contribution is -2.35. The molecule has 3 aromatic heterocycles. The Kier molecular flexibility index (Phi) is 7.20. The first kappa shape index (κ1) is 24.8. The summed E-state index contributed by atoms with van der Waals surface area (Å²) < 4.78 is 8.24. The maximum atomic E-state index is 13.5. The first-order valence-electron chi connectivity index (χ1n) is 12.0. The first-order valence-corrected chi connectivity index (χ1v) is 12.8. The van der Waals surface area contributed by atoms with Gasteiger partial charge in [0.05, 0.1) is 17.9 Å². The molecule has 0 aromatic carbocycles. The minimum absolute atomic E-state index is 0.254. The lowest BCUT2D eigenvalue weighted by atomic mass is 9.95. The van der Waals surface area contributed by atoms with Gasteiger partial charge in [0.15, 0.2) is 0 Å². The van der Waals surface area contributed by atoms with Gasteiger partial charge in [-0.2, -0.15) is 5.10 Å². The molecule has 10 heteroatoms. The van der Waals surface area contributed by atoms with E-state index in [9.17, 15) is 14.4 Å². The number of ether oxygens (including phenoxy) is 1. The number of hydrogen-bond donors (Lipinski definition) is 1. The molecule has 3 heterocycles. The van der Waals surface area contributed by atoms with Gasteiger partial charge in [0, 0.05) is 22.3 Å². The van der Waals surface area contributed by atoms with E-state index in [0.29, 0.717) is 28.6 Å². The average Bonchev–Trinajstić information content (AvgIpc) is 3.36. The number of nitrogens with zero attached hydrogens (tertiary/aromatic N) is 4. The normalized spacial score (nSPS) is 13.9. The number of esters is 1. The first-order chi connectivity index (χ1) is 16.7. The molecule has 0 aliphatic heterocycles. The Bertz CT molecular complexity index is 1340. The SMILES string of the molecule is CCOC(=O)c1c(NC(=O)C(C)n2c(-n3nc(C)cc3C)nc(CC)cc2=O)sc2c1CCCC2. The number of aryl methyl sites for hydroxylation is 4. The maximum absolute atomic E-state index is 13.5. The molecule has 0 spiro atoms. The van der Waals surface area contributed by atoms with Crippen LogP contribution in [0.2, 0.25) is 0 Å². The Morgan fingerprint density at radius 1 is 1.20 bits per heavy atom. The van der Waals surface area contributed by atoms with Crippen molar-refractivity contribution in [2.45, 2.75) is 72.8 Å². The minimum atomic E-state index is -0.894. The quantitative estimate of drug-likeness (QED) is 0.496. The molecule has 0 saturated heterocycles. The number of thiophene rings is 1. The van der Waals surface area contributed by atoms with Crippen molar-refractivity contribution in [3.8, 4) is 5.95 Å². The highest BCUT2D eigenvalue weighted by atomic mass is 32.1. The maximum Gasteiger partial charge on any atom is 0.341 e. The van der Waals surface area contributed by atoms with Crippen LogP contribution in [0, 0.1) is 13.8 Å². The van der Waals surface area contributed by atoms with Crippen molar-refractivity contribution in [2.75, 3.05) is 11.9 Å². The summed E-state index contributed by atoms with van der Waals surface area (Å²) in [5, 5.41) is 7.89. The zero-order valence-electron chi connectivity index (χ0n) is 20.8. The molecule has 35 heavy (non-hydrogen) atoms.